The summed E-state index contributed by atoms with van der Waals surface area (Å²) in [5, 5.41) is 13.3. The third kappa shape index (κ3) is 5.71. The van der Waals surface area contributed by atoms with E-state index in [2.05, 4.69) is 10.0 Å². The number of rotatable bonds is 5. The Bertz CT molecular complexity index is 370. The van der Waals surface area contributed by atoms with Crippen LogP contribution in [0.5, 0.6) is 0 Å². The Morgan fingerprint density at radius 3 is 2.33 bits per heavy atom. The van der Waals surface area contributed by atoms with Gasteiger partial charge in [0.15, 0.2) is 0 Å². The average molecular weight is 249 g/mol. The van der Waals surface area contributed by atoms with Gasteiger partial charge in [0.25, 0.3) is 0 Å². The molecule has 0 aromatic heterocycles. The topological polar surface area (TPSA) is 69.0 Å². The zero-order chi connectivity index (χ0) is 14.0. The normalized spacial score (nSPS) is 11.8. The van der Waals surface area contributed by atoms with Gasteiger partial charge in [-0.2, -0.15) is 0 Å². The second-order valence-electron chi connectivity index (χ2n) is 4.58. The molecule has 0 radical (unpaired) electrons. The molecule has 0 saturated heterocycles. The Morgan fingerprint density at radius 2 is 1.83 bits per heavy atom. The minimum atomic E-state index is -0.622. The van der Waals surface area contributed by atoms with Crippen molar-refractivity contribution in [2.75, 3.05) is 6.54 Å². The molecule has 0 aliphatic rings. The fourth-order valence-corrected chi connectivity index (χ4v) is 1.60. The summed E-state index contributed by atoms with van der Waals surface area (Å²) in [6.45, 7) is 8.06. The molecular weight excluding hydrogens is 226 g/mol. The highest BCUT2D eigenvalue weighted by molar-refractivity contribution is 5.16. The van der Waals surface area contributed by atoms with Crippen LogP contribution >= 0.6 is 0 Å². The van der Waals surface area contributed by atoms with E-state index < -0.39 is 6.10 Å². The summed E-state index contributed by atoms with van der Waals surface area (Å²) in [4.78, 5) is 2.66. The van der Waals surface area contributed by atoms with E-state index in [-0.39, 0.29) is 12.0 Å². The van der Waals surface area contributed by atoms with Crippen LogP contribution in [0.25, 0.3) is 10.4 Å². The van der Waals surface area contributed by atoms with Gasteiger partial charge in [-0.15, -0.1) is 0 Å². The first-order valence-corrected chi connectivity index (χ1v) is 6.29. The largest absolute Gasteiger partial charge is 0.392 e. The lowest BCUT2D eigenvalue weighted by atomic mass is 9.80. The molecule has 0 aliphatic carbocycles. The number of azide groups is 1. The van der Waals surface area contributed by atoms with Gasteiger partial charge in [-0.3, -0.25) is 0 Å². The summed E-state index contributed by atoms with van der Waals surface area (Å²) in [7, 11) is 0. The van der Waals surface area contributed by atoms with E-state index in [1.54, 1.807) is 0 Å². The highest BCUT2D eigenvalue weighted by Gasteiger charge is 2.27. The molecular formula is C14H23N3O. The van der Waals surface area contributed by atoms with Gasteiger partial charge in [0.1, 0.15) is 0 Å². The van der Waals surface area contributed by atoms with Crippen LogP contribution in [0.4, 0.5) is 0 Å². The van der Waals surface area contributed by atoms with Crippen LogP contribution in [-0.2, 0) is 6.42 Å². The van der Waals surface area contributed by atoms with Gasteiger partial charge in [-0.25, -0.2) is 0 Å². The van der Waals surface area contributed by atoms with Crippen molar-refractivity contribution in [1.82, 2.24) is 0 Å². The van der Waals surface area contributed by atoms with Crippen molar-refractivity contribution < 1.29 is 5.11 Å². The Balaban J connectivity index is 0.00000137. The molecule has 0 saturated carbocycles. The minimum absolute atomic E-state index is 0.121. The van der Waals surface area contributed by atoms with Crippen LogP contribution in [0.3, 0.4) is 0 Å². The van der Waals surface area contributed by atoms with E-state index in [1.807, 2.05) is 58.0 Å². The monoisotopic (exact) mass is 249 g/mol. The van der Waals surface area contributed by atoms with E-state index >= 15 is 0 Å². The smallest absolute Gasteiger partial charge is 0.0650 e. The summed E-state index contributed by atoms with van der Waals surface area (Å²) < 4.78 is 0. The molecule has 1 rings (SSSR count). The lowest BCUT2D eigenvalue weighted by Gasteiger charge is -2.29. The number of hydrogen-bond donors (Lipinski definition) is 1. The molecule has 4 heteroatoms. The maximum absolute atomic E-state index is 9.90. The molecule has 0 heterocycles. The van der Waals surface area contributed by atoms with Gasteiger partial charge < -0.3 is 5.11 Å². The molecule has 18 heavy (non-hydrogen) atoms. The SMILES string of the molecule is CC.CC(C)(Cc1ccccc1)C(O)CN=[N+]=[N-]. The number of nitrogens with zero attached hydrogens (tertiary/aromatic N) is 3. The van der Waals surface area contributed by atoms with E-state index in [1.165, 1.54) is 5.56 Å². The van der Waals surface area contributed by atoms with Gasteiger partial charge in [0, 0.05) is 4.91 Å². The first kappa shape index (κ1) is 16.5. The van der Waals surface area contributed by atoms with Crippen LogP contribution < -0.4 is 0 Å². The molecule has 1 N–H and O–H groups in total. The zero-order valence-electron chi connectivity index (χ0n) is 11.7. The van der Waals surface area contributed by atoms with Crippen molar-refractivity contribution in [2.24, 2.45) is 10.5 Å². The minimum Gasteiger partial charge on any atom is -0.392 e. The van der Waals surface area contributed by atoms with Crippen molar-refractivity contribution in [2.45, 2.75) is 40.2 Å². The van der Waals surface area contributed by atoms with Crippen LogP contribution in [0, 0.1) is 5.41 Å². The molecule has 0 spiro atoms. The Hall–Kier alpha value is -1.51. The van der Waals surface area contributed by atoms with E-state index in [4.69, 9.17) is 5.53 Å². The third-order valence-corrected chi connectivity index (χ3v) is 2.72. The van der Waals surface area contributed by atoms with Gasteiger partial charge in [-0.05, 0) is 22.9 Å². The number of benzene rings is 1. The molecule has 0 bridgehead atoms. The van der Waals surface area contributed by atoms with Crippen LogP contribution in [0.1, 0.15) is 33.3 Å². The zero-order valence-corrected chi connectivity index (χ0v) is 11.7. The lowest BCUT2D eigenvalue weighted by Crippen LogP contribution is -2.33. The fourth-order valence-electron chi connectivity index (χ4n) is 1.60. The molecule has 0 amide bonds. The van der Waals surface area contributed by atoms with Crippen molar-refractivity contribution in [1.29, 1.82) is 0 Å². The Labute approximate surface area is 109 Å². The standard InChI is InChI=1S/C12H17N3O.C2H6/c1-12(2,11(16)9-14-15-13)8-10-6-4-3-5-7-10;1-2/h3-7,11,16H,8-9H2,1-2H3;1-2H3. The summed E-state index contributed by atoms with van der Waals surface area (Å²) >= 11 is 0. The lowest BCUT2D eigenvalue weighted by molar-refractivity contribution is 0.0579. The first-order valence-electron chi connectivity index (χ1n) is 6.29. The molecule has 100 valence electrons. The number of aliphatic hydroxyl groups is 1. The molecule has 4 nitrogen and oxygen atoms in total. The van der Waals surface area contributed by atoms with E-state index in [0.29, 0.717) is 0 Å². The van der Waals surface area contributed by atoms with Crippen LogP contribution in [-0.4, -0.2) is 17.8 Å². The molecule has 0 fully saturated rings. The molecule has 1 aromatic rings. The number of hydrogen-bond acceptors (Lipinski definition) is 2. The highest BCUT2D eigenvalue weighted by Crippen LogP contribution is 2.26. The van der Waals surface area contributed by atoms with E-state index in [0.717, 1.165) is 6.42 Å². The second kappa shape index (κ2) is 8.56. The first-order chi connectivity index (χ1) is 8.56. The predicted octanol–water partition coefficient (Wildman–Crippen LogP) is 3.95. The second-order valence-corrected chi connectivity index (χ2v) is 4.58. The summed E-state index contributed by atoms with van der Waals surface area (Å²) in [5.41, 5.74) is 9.10. The maximum Gasteiger partial charge on any atom is 0.0650 e. The van der Waals surface area contributed by atoms with Gasteiger partial charge >= 0.3 is 0 Å². The number of aliphatic hydroxyl groups excluding tert-OH is 1. The average Bonchev–Trinajstić information content (AvgIpc) is 2.39. The highest BCUT2D eigenvalue weighted by atomic mass is 16.3. The van der Waals surface area contributed by atoms with E-state index in [9.17, 15) is 5.11 Å². The fraction of sp³-hybridized carbons (Fsp3) is 0.571. The molecule has 1 unspecified atom stereocenters. The van der Waals surface area contributed by atoms with Gasteiger partial charge in [0.2, 0.25) is 0 Å². The van der Waals surface area contributed by atoms with Crippen molar-refractivity contribution in [3.63, 3.8) is 0 Å². The summed E-state index contributed by atoms with van der Waals surface area (Å²) in [5.74, 6) is 0. The van der Waals surface area contributed by atoms with Gasteiger partial charge in [0.05, 0.1) is 12.6 Å². The Morgan fingerprint density at radius 1 is 1.28 bits per heavy atom. The molecule has 0 aliphatic heterocycles. The third-order valence-electron chi connectivity index (χ3n) is 2.72. The predicted molar refractivity (Wildman–Crippen MR) is 75.3 cm³/mol. The molecule has 1 aromatic carbocycles. The van der Waals surface area contributed by atoms with Gasteiger partial charge in [-0.1, -0.05) is 63.1 Å². The summed E-state index contributed by atoms with van der Waals surface area (Å²) in [6, 6.07) is 9.98. The van der Waals surface area contributed by atoms with Crippen LogP contribution in [0.2, 0.25) is 0 Å². The van der Waals surface area contributed by atoms with Crippen molar-refractivity contribution in [3.05, 3.63) is 46.3 Å². The maximum atomic E-state index is 9.90. The summed E-state index contributed by atoms with van der Waals surface area (Å²) in [6.07, 6.45) is 0.138. The van der Waals surface area contributed by atoms with Crippen LogP contribution in [0.15, 0.2) is 35.4 Å². The quantitative estimate of drug-likeness (QED) is 0.479. The Kier molecular flexibility index (Phi) is 7.84. The van der Waals surface area contributed by atoms with Crippen molar-refractivity contribution >= 4 is 0 Å². The van der Waals surface area contributed by atoms with Crippen molar-refractivity contribution in [3.8, 4) is 0 Å². The molecule has 1 atom stereocenters.